The maximum atomic E-state index is 11.7. The van der Waals surface area contributed by atoms with Crippen LogP contribution in [0.3, 0.4) is 0 Å². The van der Waals surface area contributed by atoms with Crippen molar-refractivity contribution in [1.82, 2.24) is 4.90 Å². The minimum atomic E-state index is -0.555. The van der Waals surface area contributed by atoms with Crippen molar-refractivity contribution >= 4 is 29.8 Å². The van der Waals surface area contributed by atoms with Gasteiger partial charge in [-0.2, -0.15) is 11.8 Å². The molecular formula is C12H21NO3S. The highest BCUT2D eigenvalue weighted by Gasteiger charge is 2.37. The van der Waals surface area contributed by atoms with E-state index in [0.717, 1.165) is 6.42 Å². The zero-order chi connectivity index (χ0) is 12.8. The summed E-state index contributed by atoms with van der Waals surface area (Å²) in [5.41, 5.74) is 0. The van der Waals surface area contributed by atoms with Crippen molar-refractivity contribution < 1.29 is 15.8 Å². The Morgan fingerprint density at radius 3 is 2.71 bits per heavy atom. The number of nitrogens with zero attached hydrogens (tertiary/aromatic N) is 1. The molecule has 1 unspecified atom stereocenters. The molecule has 1 rings (SSSR count). The summed E-state index contributed by atoms with van der Waals surface area (Å²) in [6, 6.07) is 0. The van der Waals surface area contributed by atoms with Crippen LogP contribution in [0.2, 0.25) is 0 Å². The summed E-state index contributed by atoms with van der Waals surface area (Å²) in [7, 11) is 0. The van der Waals surface area contributed by atoms with Gasteiger partial charge in [-0.25, -0.2) is 0 Å². The molecule has 0 aromatic carbocycles. The first kappa shape index (κ1) is 14.2. The van der Waals surface area contributed by atoms with Crippen LogP contribution in [0.1, 0.15) is 40.9 Å². The number of thioether (sulfide) groups is 1. The van der Waals surface area contributed by atoms with E-state index in [-0.39, 0.29) is 30.9 Å². The second-order valence-corrected chi connectivity index (χ2v) is 4.81. The number of hydrogen-bond donors (Lipinski definition) is 0. The lowest BCUT2D eigenvalue weighted by atomic mass is 10.2. The molecule has 0 radical (unpaired) electrons. The average molecular weight is 260 g/mol. The molecule has 5 heteroatoms. The molecule has 17 heavy (non-hydrogen) atoms. The van der Waals surface area contributed by atoms with Crippen molar-refractivity contribution in [3.05, 3.63) is 0 Å². The Bertz CT molecular complexity index is 322. The van der Waals surface area contributed by atoms with Crippen LogP contribution in [0.4, 0.5) is 0 Å². The van der Waals surface area contributed by atoms with Crippen LogP contribution in [-0.2, 0) is 14.4 Å². The number of carbonyl (C=O) groups excluding carboxylic acids is 3. The number of aldehydes is 1. The molecular weight excluding hydrogens is 238 g/mol. The number of likely N-dealkylation sites (tertiary alicyclic amines) is 1. The van der Waals surface area contributed by atoms with Crippen LogP contribution in [0.15, 0.2) is 0 Å². The van der Waals surface area contributed by atoms with E-state index in [2.05, 4.69) is 0 Å². The maximum Gasteiger partial charge on any atom is 0.242 e. The van der Waals surface area contributed by atoms with Gasteiger partial charge in [0.15, 0.2) is 0 Å². The number of imide groups is 1. The average Bonchev–Trinajstić information content (AvgIpc) is 2.54. The van der Waals surface area contributed by atoms with Gasteiger partial charge in [0, 0.05) is 19.4 Å². The molecule has 1 fully saturated rings. The third kappa shape index (κ3) is 4.50. The monoisotopic (exact) mass is 260 g/mol. The van der Waals surface area contributed by atoms with Gasteiger partial charge in [-0.15, -0.1) is 0 Å². The predicted molar refractivity (Wildman–Crippen MR) is 69.9 cm³/mol. The Hall–Kier alpha value is -0.840. The van der Waals surface area contributed by atoms with Crippen LogP contribution >= 0.6 is 11.8 Å². The van der Waals surface area contributed by atoms with Crippen molar-refractivity contribution in [2.75, 3.05) is 12.8 Å². The van der Waals surface area contributed by atoms with Gasteiger partial charge in [-0.3, -0.25) is 14.5 Å². The molecule has 0 aromatic rings. The minimum Gasteiger partial charge on any atom is -0.303 e. The largest absolute Gasteiger partial charge is 0.303 e. The summed E-state index contributed by atoms with van der Waals surface area (Å²) in [5, 5.41) is -0.211. The number of amides is 2. The fourth-order valence-corrected chi connectivity index (χ4v) is 2.35. The van der Waals surface area contributed by atoms with Crippen LogP contribution < -0.4 is 0 Å². The first-order valence-corrected chi connectivity index (χ1v) is 6.71. The number of unbranched alkanes of at least 4 members (excludes halogenated alkanes) is 2. The molecule has 0 N–H and O–H groups in total. The summed E-state index contributed by atoms with van der Waals surface area (Å²) in [6.45, 7) is 0.445. The predicted octanol–water partition coefficient (Wildman–Crippen LogP) is 1.87. The molecule has 0 bridgehead atoms. The first-order valence-electron chi connectivity index (χ1n) is 5.92. The fraction of sp³-hybridized carbons (Fsp3) is 0.750. The lowest BCUT2D eigenvalue weighted by molar-refractivity contribution is -0.138. The lowest BCUT2D eigenvalue weighted by Crippen LogP contribution is -2.32. The molecule has 1 saturated heterocycles. The number of rotatable bonds is 7. The van der Waals surface area contributed by atoms with E-state index < -0.39 is 6.26 Å². The Morgan fingerprint density at radius 2 is 2.18 bits per heavy atom. The van der Waals surface area contributed by atoms with E-state index in [9.17, 15) is 14.4 Å². The smallest absolute Gasteiger partial charge is 0.242 e. The molecule has 2 amide bonds. The summed E-state index contributed by atoms with van der Waals surface area (Å²) in [4.78, 5) is 35.0. The summed E-state index contributed by atoms with van der Waals surface area (Å²) in [5.74, 6) is -0.176. The Labute approximate surface area is 109 Å². The SMILES string of the molecule is C.[2H]C(=O)CCCCCN1C(=O)CC(SC)C1=O. The van der Waals surface area contributed by atoms with Crippen LogP contribution in [0.25, 0.3) is 0 Å². The zero-order valence-corrected chi connectivity index (χ0v) is 10.2. The normalized spacial score (nSPS) is 20.2. The molecule has 4 nitrogen and oxygen atoms in total. The summed E-state index contributed by atoms with van der Waals surface area (Å²) >= 11 is 1.41. The van der Waals surface area contributed by atoms with Crippen molar-refractivity contribution in [2.24, 2.45) is 0 Å². The third-order valence-corrected chi connectivity index (χ3v) is 3.58. The van der Waals surface area contributed by atoms with Gasteiger partial charge in [0.1, 0.15) is 7.63 Å². The Kier molecular flexibility index (Phi) is 6.93. The number of carbonyl (C=O) groups is 3. The van der Waals surface area contributed by atoms with Gasteiger partial charge < -0.3 is 4.79 Å². The Balaban J connectivity index is 0.00000289. The van der Waals surface area contributed by atoms with Crippen molar-refractivity contribution in [1.29, 1.82) is 0 Å². The van der Waals surface area contributed by atoms with E-state index in [1.54, 1.807) is 0 Å². The molecule has 0 aliphatic carbocycles. The van der Waals surface area contributed by atoms with E-state index in [1.807, 2.05) is 6.26 Å². The third-order valence-electron chi connectivity index (χ3n) is 2.65. The molecule has 98 valence electrons. The Morgan fingerprint density at radius 1 is 1.47 bits per heavy atom. The highest BCUT2D eigenvalue weighted by Crippen LogP contribution is 2.23. The van der Waals surface area contributed by atoms with Gasteiger partial charge in [0.25, 0.3) is 0 Å². The standard InChI is InChI=1S/C11H17NO3S.CH4/c1-16-9-8-10(14)12(11(9)15)6-4-2-3-5-7-13;/h7,9H,2-6,8H2,1H3;1H4/i7D;. The molecule has 1 heterocycles. The van der Waals surface area contributed by atoms with Gasteiger partial charge >= 0.3 is 0 Å². The quantitative estimate of drug-likeness (QED) is 0.398. The van der Waals surface area contributed by atoms with E-state index in [0.29, 0.717) is 25.8 Å². The molecule has 1 aliphatic rings. The highest BCUT2D eigenvalue weighted by molar-refractivity contribution is 8.00. The van der Waals surface area contributed by atoms with Crippen molar-refractivity contribution in [3.63, 3.8) is 0 Å². The van der Waals surface area contributed by atoms with Gasteiger partial charge in [0.05, 0.1) is 5.25 Å². The zero-order valence-electron chi connectivity index (χ0n) is 10.4. The second kappa shape index (κ2) is 8.28. The number of hydrogen-bond acceptors (Lipinski definition) is 4. The van der Waals surface area contributed by atoms with E-state index in [4.69, 9.17) is 1.37 Å². The topological polar surface area (TPSA) is 54.5 Å². The lowest BCUT2D eigenvalue weighted by Gasteiger charge is -2.13. The van der Waals surface area contributed by atoms with Crippen LogP contribution in [0.5, 0.6) is 0 Å². The molecule has 0 aromatic heterocycles. The van der Waals surface area contributed by atoms with Crippen LogP contribution in [0, 0.1) is 0 Å². The summed E-state index contributed by atoms with van der Waals surface area (Å²) < 4.78 is 6.74. The molecule has 1 aliphatic heterocycles. The van der Waals surface area contributed by atoms with Gasteiger partial charge in [0.2, 0.25) is 11.8 Å². The van der Waals surface area contributed by atoms with E-state index in [1.165, 1.54) is 16.7 Å². The first-order chi connectivity index (χ1) is 8.06. The summed E-state index contributed by atoms with van der Waals surface area (Å²) in [6.07, 6.45) is 3.99. The molecule has 0 saturated carbocycles. The molecule has 0 spiro atoms. The van der Waals surface area contributed by atoms with Gasteiger partial charge in [-0.05, 0) is 19.1 Å². The second-order valence-electron chi connectivity index (χ2n) is 3.77. The van der Waals surface area contributed by atoms with Crippen molar-refractivity contribution in [3.8, 4) is 0 Å². The minimum absolute atomic E-state index is 0. The van der Waals surface area contributed by atoms with Crippen LogP contribution in [-0.4, -0.2) is 41.0 Å². The molecule has 1 atom stereocenters. The van der Waals surface area contributed by atoms with Crippen molar-refractivity contribution in [2.45, 2.75) is 44.8 Å². The highest BCUT2D eigenvalue weighted by atomic mass is 32.2. The maximum absolute atomic E-state index is 11.7. The van der Waals surface area contributed by atoms with E-state index >= 15 is 0 Å². The van der Waals surface area contributed by atoms with Gasteiger partial charge in [-0.1, -0.05) is 13.8 Å². The fourth-order valence-electron chi connectivity index (χ4n) is 1.72.